The fourth-order valence-electron chi connectivity index (χ4n) is 2.71. The van der Waals surface area contributed by atoms with Crippen LogP contribution in [0.1, 0.15) is 37.9 Å². The number of aliphatic imine (C=N–C) groups is 1. The Morgan fingerprint density at radius 3 is 2.30 bits per heavy atom. The maximum atomic E-state index is 12.9. The van der Waals surface area contributed by atoms with Crippen LogP contribution in [0.2, 0.25) is 0 Å². The number of nitrogens with zero attached hydrogens (tertiary/aromatic N) is 5. The molecule has 156 valence electrons. The molecule has 0 aromatic carbocycles. The molecular weight excluding hydrogens is 393 g/mol. The van der Waals surface area contributed by atoms with Crippen molar-refractivity contribution in [3.05, 3.63) is 77.5 Å². The molecule has 0 atom stereocenters. The molecule has 0 bridgehead atoms. The van der Waals surface area contributed by atoms with Gasteiger partial charge in [0.15, 0.2) is 17.3 Å². The molecule has 0 aliphatic rings. The summed E-state index contributed by atoms with van der Waals surface area (Å²) in [6.07, 6.45) is -0.0276. The van der Waals surface area contributed by atoms with Gasteiger partial charge in [-0.3, -0.25) is 0 Å². The molecule has 0 saturated carbocycles. The van der Waals surface area contributed by atoms with Crippen LogP contribution >= 0.6 is 0 Å². The lowest BCUT2D eigenvalue weighted by Crippen LogP contribution is -2.22. The zero-order valence-corrected chi connectivity index (χ0v) is 16.7. The minimum absolute atomic E-state index is 0.286. The second-order valence-electron chi connectivity index (χ2n) is 7.22. The van der Waals surface area contributed by atoms with Crippen molar-refractivity contribution in [3.63, 3.8) is 0 Å². The second kappa shape index (κ2) is 8.10. The summed E-state index contributed by atoms with van der Waals surface area (Å²) in [4.78, 5) is 13.4. The van der Waals surface area contributed by atoms with Crippen LogP contribution in [0, 0.1) is 0 Å². The van der Waals surface area contributed by atoms with Gasteiger partial charge < -0.3 is 5.73 Å². The van der Waals surface area contributed by atoms with Crippen molar-refractivity contribution in [3.8, 4) is 5.82 Å². The molecule has 0 aliphatic heterocycles. The van der Waals surface area contributed by atoms with Gasteiger partial charge in [-0.2, -0.15) is 18.3 Å². The largest absolute Gasteiger partial charge is 0.435 e. The first-order chi connectivity index (χ1) is 14.1. The highest BCUT2D eigenvalue weighted by Gasteiger charge is 2.34. The SMILES string of the molecule is CC(N)=CC=Nc1cccc(C(C)(C)c2cccc(-n3ccc(C(F)(F)F)n3)n2)n1. The van der Waals surface area contributed by atoms with E-state index in [0.717, 1.165) is 10.7 Å². The van der Waals surface area contributed by atoms with E-state index in [4.69, 9.17) is 5.73 Å². The normalized spacial score (nSPS) is 13.2. The third-order valence-electron chi connectivity index (χ3n) is 4.41. The third kappa shape index (κ3) is 4.73. The number of alkyl halides is 3. The third-order valence-corrected chi connectivity index (χ3v) is 4.41. The first-order valence-corrected chi connectivity index (χ1v) is 9.12. The summed E-state index contributed by atoms with van der Waals surface area (Å²) < 4.78 is 39.7. The van der Waals surface area contributed by atoms with Crippen LogP contribution in [-0.4, -0.2) is 26.0 Å². The number of hydrogen-bond donors (Lipinski definition) is 1. The van der Waals surface area contributed by atoms with Crippen molar-refractivity contribution in [2.24, 2.45) is 10.7 Å². The number of halogens is 3. The molecule has 3 rings (SSSR count). The van der Waals surface area contributed by atoms with Crippen molar-refractivity contribution < 1.29 is 13.2 Å². The van der Waals surface area contributed by atoms with Gasteiger partial charge >= 0.3 is 6.18 Å². The van der Waals surface area contributed by atoms with E-state index >= 15 is 0 Å². The fourth-order valence-corrected chi connectivity index (χ4v) is 2.71. The van der Waals surface area contributed by atoms with E-state index in [9.17, 15) is 13.2 Å². The van der Waals surface area contributed by atoms with Crippen molar-refractivity contribution in [1.29, 1.82) is 0 Å². The van der Waals surface area contributed by atoms with E-state index in [-0.39, 0.29) is 5.82 Å². The van der Waals surface area contributed by atoms with Crippen LogP contribution < -0.4 is 5.73 Å². The van der Waals surface area contributed by atoms with Crippen LogP contribution in [0.5, 0.6) is 0 Å². The van der Waals surface area contributed by atoms with Gasteiger partial charge in [0.1, 0.15) is 0 Å². The number of allylic oxidation sites excluding steroid dienone is 2. The summed E-state index contributed by atoms with van der Waals surface area (Å²) in [6.45, 7) is 5.63. The highest BCUT2D eigenvalue weighted by Crippen LogP contribution is 2.31. The predicted octanol–water partition coefficient (Wildman–Crippen LogP) is 4.57. The van der Waals surface area contributed by atoms with E-state index in [1.807, 2.05) is 26.0 Å². The van der Waals surface area contributed by atoms with Crippen molar-refractivity contribution in [1.82, 2.24) is 19.7 Å². The van der Waals surface area contributed by atoms with E-state index in [1.165, 1.54) is 6.20 Å². The Hall–Kier alpha value is -3.49. The molecule has 30 heavy (non-hydrogen) atoms. The van der Waals surface area contributed by atoms with E-state index < -0.39 is 17.3 Å². The molecular formula is C21H21F3N6. The van der Waals surface area contributed by atoms with E-state index in [2.05, 4.69) is 20.1 Å². The van der Waals surface area contributed by atoms with Gasteiger partial charge in [0, 0.05) is 23.5 Å². The van der Waals surface area contributed by atoms with E-state index in [0.29, 0.717) is 22.9 Å². The predicted molar refractivity (Wildman–Crippen MR) is 109 cm³/mol. The Morgan fingerprint density at radius 1 is 1.00 bits per heavy atom. The molecule has 0 fully saturated rings. The Morgan fingerprint density at radius 2 is 1.67 bits per heavy atom. The average Bonchev–Trinajstić information content (AvgIpc) is 3.19. The number of hydrogen-bond acceptors (Lipinski definition) is 5. The van der Waals surface area contributed by atoms with Crippen LogP contribution in [0.3, 0.4) is 0 Å². The molecule has 0 aliphatic carbocycles. The molecule has 0 saturated heterocycles. The zero-order valence-electron chi connectivity index (χ0n) is 16.7. The molecule has 0 unspecified atom stereocenters. The Bertz CT molecular complexity index is 1090. The van der Waals surface area contributed by atoms with E-state index in [1.54, 1.807) is 43.5 Å². The lowest BCUT2D eigenvalue weighted by molar-refractivity contribution is -0.141. The summed E-state index contributed by atoms with van der Waals surface area (Å²) >= 11 is 0. The van der Waals surface area contributed by atoms with Gasteiger partial charge in [-0.05, 0) is 57.2 Å². The Labute approximate surface area is 172 Å². The molecule has 3 aromatic rings. The Balaban J connectivity index is 1.94. The van der Waals surface area contributed by atoms with Crippen LogP contribution in [0.25, 0.3) is 5.82 Å². The first-order valence-electron chi connectivity index (χ1n) is 9.12. The Kier molecular flexibility index (Phi) is 5.73. The van der Waals surface area contributed by atoms with Crippen molar-refractivity contribution >= 4 is 12.0 Å². The standard InChI is InChI=1S/C21H21F3N6/c1-14(25)10-12-26-18-8-4-6-15(27-18)20(2,3)16-7-5-9-19(28-16)30-13-11-17(29-30)21(22,23)24/h4-13H,25H2,1-3H3. The van der Waals surface area contributed by atoms with Crippen LogP contribution in [0.15, 0.2) is 65.4 Å². The highest BCUT2D eigenvalue weighted by molar-refractivity contribution is 5.74. The molecule has 9 heteroatoms. The maximum absolute atomic E-state index is 12.9. The topological polar surface area (TPSA) is 82.0 Å². The monoisotopic (exact) mass is 414 g/mol. The summed E-state index contributed by atoms with van der Waals surface area (Å²) in [6, 6.07) is 11.5. The molecule has 2 N–H and O–H groups in total. The van der Waals surface area contributed by atoms with Crippen LogP contribution in [-0.2, 0) is 11.6 Å². The minimum atomic E-state index is -4.51. The number of aromatic nitrogens is 4. The number of pyridine rings is 2. The second-order valence-corrected chi connectivity index (χ2v) is 7.22. The molecule has 3 aromatic heterocycles. The van der Waals surface area contributed by atoms with Crippen molar-refractivity contribution in [2.45, 2.75) is 32.4 Å². The average molecular weight is 414 g/mol. The van der Waals surface area contributed by atoms with Gasteiger partial charge in [0.2, 0.25) is 0 Å². The van der Waals surface area contributed by atoms with Crippen molar-refractivity contribution in [2.75, 3.05) is 0 Å². The molecule has 6 nitrogen and oxygen atoms in total. The minimum Gasteiger partial charge on any atom is -0.402 e. The summed E-state index contributed by atoms with van der Waals surface area (Å²) in [5, 5.41) is 3.59. The molecule has 0 radical (unpaired) electrons. The molecule has 3 heterocycles. The summed E-state index contributed by atoms with van der Waals surface area (Å²) in [5.74, 6) is 0.796. The summed E-state index contributed by atoms with van der Waals surface area (Å²) in [7, 11) is 0. The van der Waals surface area contributed by atoms with Gasteiger partial charge in [0.05, 0.1) is 11.4 Å². The van der Waals surface area contributed by atoms with Gasteiger partial charge in [-0.25, -0.2) is 19.6 Å². The molecule has 0 amide bonds. The number of rotatable bonds is 5. The fraction of sp³-hybridized carbons (Fsp3) is 0.238. The summed E-state index contributed by atoms with van der Waals surface area (Å²) in [5.41, 5.74) is 5.97. The number of nitrogens with two attached hydrogens (primary N) is 1. The zero-order chi connectivity index (χ0) is 21.9. The highest BCUT2D eigenvalue weighted by atomic mass is 19.4. The van der Waals surface area contributed by atoms with Gasteiger partial charge in [0.25, 0.3) is 0 Å². The van der Waals surface area contributed by atoms with Crippen LogP contribution in [0.4, 0.5) is 19.0 Å². The lowest BCUT2D eigenvalue weighted by atomic mass is 9.84. The van der Waals surface area contributed by atoms with Gasteiger partial charge in [-0.15, -0.1) is 0 Å². The molecule has 0 spiro atoms. The lowest BCUT2D eigenvalue weighted by Gasteiger charge is -2.24. The van der Waals surface area contributed by atoms with Gasteiger partial charge in [-0.1, -0.05) is 12.1 Å². The smallest absolute Gasteiger partial charge is 0.402 e. The quantitative estimate of drug-likeness (QED) is 0.620. The first kappa shape index (κ1) is 21.2. The maximum Gasteiger partial charge on any atom is 0.435 e.